The maximum atomic E-state index is 12.5. The van der Waals surface area contributed by atoms with Gasteiger partial charge in [-0.25, -0.2) is 0 Å². The standard InChI is InChI=1S/C20H19N3O5/c1-12(23-19(26)15-5-3-4-6-16(15)20(23)27)18(25)22-14-9-7-13(8-10-14)21-17(24)11-28-2/h3-10,12H,11H2,1-2H3,(H,21,24)(H,22,25). The number of anilines is 2. The van der Waals surface area contributed by atoms with Crippen LogP contribution in [0.2, 0.25) is 0 Å². The Labute approximate surface area is 161 Å². The number of carbonyl (C=O) groups excluding carboxylic acids is 4. The molecule has 1 heterocycles. The fourth-order valence-electron chi connectivity index (χ4n) is 2.89. The lowest BCUT2D eigenvalue weighted by molar-refractivity contribution is -0.120. The number of carbonyl (C=O) groups is 4. The zero-order valence-corrected chi connectivity index (χ0v) is 15.4. The Hall–Kier alpha value is -3.52. The minimum absolute atomic E-state index is 0.0592. The first-order valence-corrected chi connectivity index (χ1v) is 8.59. The van der Waals surface area contributed by atoms with Crippen LogP contribution in [-0.4, -0.2) is 48.3 Å². The summed E-state index contributed by atoms with van der Waals surface area (Å²) in [5, 5.41) is 5.31. The van der Waals surface area contributed by atoms with Gasteiger partial charge in [0.2, 0.25) is 11.8 Å². The van der Waals surface area contributed by atoms with Crippen LogP contribution in [0.25, 0.3) is 0 Å². The van der Waals surface area contributed by atoms with Crippen molar-refractivity contribution in [2.75, 3.05) is 24.4 Å². The predicted molar refractivity (Wildman–Crippen MR) is 102 cm³/mol. The molecule has 1 unspecified atom stereocenters. The van der Waals surface area contributed by atoms with Crippen LogP contribution in [0.15, 0.2) is 48.5 Å². The summed E-state index contributed by atoms with van der Waals surface area (Å²) in [7, 11) is 1.42. The zero-order chi connectivity index (χ0) is 20.3. The summed E-state index contributed by atoms with van der Waals surface area (Å²) in [6.07, 6.45) is 0. The highest BCUT2D eigenvalue weighted by atomic mass is 16.5. The molecule has 0 fully saturated rings. The van der Waals surface area contributed by atoms with Crippen LogP contribution in [0.1, 0.15) is 27.6 Å². The summed E-state index contributed by atoms with van der Waals surface area (Å²) in [6, 6.07) is 12.0. The van der Waals surface area contributed by atoms with Crippen molar-refractivity contribution >= 4 is 35.0 Å². The Bertz CT molecular complexity index is 904. The predicted octanol–water partition coefficient (Wildman–Crippen LogP) is 1.89. The Balaban J connectivity index is 1.66. The third-order valence-corrected chi connectivity index (χ3v) is 4.30. The normalized spacial score (nSPS) is 13.9. The summed E-state index contributed by atoms with van der Waals surface area (Å²) in [4.78, 5) is 50.0. The van der Waals surface area contributed by atoms with Gasteiger partial charge in [-0.15, -0.1) is 0 Å². The van der Waals surface area contributed by atoms with Crippen molar-refractivity contribution < 1.29 is 23.9 Å². The quantitative estimate of drug-likeness (QED) is 0.744. The molecular weight excluding hydrogens is 362 g/mol. The Morgan fingerprint density at radius 1 is 0.929 bits per heavy atom. The Morgan fingerprint density at radius 2 is 1.43 bits per heavy atom. The molecule has 0 aromatic heterocycles. The molecule has 0 radical (unpaired) electrons. The van der Waals surface area contributed by atoms with E-state index in [1.807, 2.05) is 0 Å². The number of imide groups is 1. The van der Waals surface area contributed by atoms with Gasteiger partial charge in [0, 0.05) is 18.5 Å². The van der Waals surface area contributed by atoms with Crippen molar-refractivity contribution in [3.05, 3.63) is 59.7 Å². The number of nitrogens with zero attached hydrogens (tertiary/aromatic N) is 1. The van der Waals surface area contributed by atoms with Crippen LogP contribution in [0.3, 0.4) is 0 Å². The molecule has 2 N–H and O–H groups in total. The van der Waals surface area contributed by atoms with E-state index in [-0.39, 0.29) is 12.5 Å². The van der Waals surface area contributed by atoms with Gasteiger partial charge in [-0.1, -0.05) is 12.1 Å². The number of hydrogen-bond acceptors (Lipinski definition) is 5. The van der Waals surface area contributed by atoms with Crippen LogP contribution in [0.4, 0.5) is 11.4 Å². The second-order valence-electron chi connectivity index (χ2n) is 6.25. The molecule has 0 saturated carbocycles. The van der Waals surface area contributed by atoms with E-state index < -0.39 is 23.8 Å². The second-order valence-corrected chi connectivity index (χ2v) is 6.25. The maximum Gasteiger partial charge on any atom is 0.262 e. The molecule has 28 heavy (non-hydrogen) atoms. The number of hydrogen-bond donors (Lipinski definition) is 2. The van der Waals surface area contributed by atoms with Crippen molar-refractivity contribution in [1.82, 2.24) is 4.90 Å². The van der Waals surface area contributed by atoms with Crippen molar-refractivity contribution in [1.29, 1.82) is 0 Å². The Morgan fingerprint density at radius 3 is 1.93 bits per heavy atom. The van der Waals surface area contributed by atoms with Crippen molar-refractivity contribution in [3.8, 4) is 0 Å². The summed E-state index contributed by atoms with van der Waals surface area (Å²) in [5.41, 5.74) is 1.61. The molecule has 4 amide bonds. The molecule has 144 valence electrons. The van der Waals surface area contributed by atoms with Gasteiger partial charge in [0.15, 0.2) is 0 Å². The molecule has 1 atom stereocenters. The molecular formula is C20H19N3O5. The second kappa shape index (κ2) is 8.01. The van der Waals surface area contributed by atoms with Gasteiger partial charge >= 0.3 is 0 Å². The largest absolute Gasteiger partial charge is 0.375 e. The van der Waals surface area contributed by atoms with Crippen molar-refractivity contribution in [3.63, 3.8) is 0 Å². The van der Waals surface area contributed by atoms with Crippen LogP contribution >= 0.6 is 0 Å². The van der Waals surface area contributed by atoms with Gasteiger partial charge in [0.1, 0.15) is 12.6 Å². The maximum absolute atomic E-state index is 12.5. The molecule has 1 aliphatic rings. The third kappa shape index (κ3) is 3.77. The number of rotatable bonds is 6. The van der Waals surface area contributed by atoms with E-state index >= 15 is 0 Å². The molecule has 0 aliphatic carbocycles. The number of amides is 4. The van der Waals surface area contributed by atoms with E-state index in [4.69, 9.17) is 4.74 Å². The van der Waals surface area contributed by atoms with Gasteiger partial charge in [0.05, 0.1) is 11.1 Å². The molecule has 2 aromatic rings. The highest BCUT2D eigenvalue weighted by molar-refractivity contribution is 6.23. The van der Waals surface area contributed by atoms with Gasteiger partial charge in [-0.3, -0.25) is 24.1 Å². The molecule has 8 heteroatoms. The highest BCUT2D eigenvalue weighted by Crippen LogP contribution is 2.25. The van der Waals surface area contributed by atoms with Gasteiger partial charge in [0.25, 0.3) is 11.8 Å². The summed E-state index contributed by atoms with van der Waals surface area (Å²) < 4.78 is 4.74. The summed E-state index contributed by atoms with van der Waals surface area (Å²) >= 11 is 0. The molecule has 0 bridgehead atoms. The highest BCUT2D eigenvalue weighted by Gasteiger charge is 2.40. The van der Waals surface area contributed by atoms with Crippen molar-refractivity contribution in [2.45, 2.75) is 13.0 Å². The first kappa shape index (κ1) is 19.2. The SMILES string of the molecule is COCC(=O)Nc1ccc(NC(=O)C(C)N2C(=O)c3ccccc3C2=O)cc1. The molecule has 1 aliphatic heterocycles. The lowest BCUT2D eigenvalue weighted by atomic mass is 10.1. The van der Waals surface area contributed by atoms with E-state index in [1.54, 1.807) is 48.5 Å². The van der Waals surface area contributed by atoms with Gasteiger partial charge in [-0.05, 0) is 43.3 Å². The number of benzene rings is 2. The number of fused-ring (bicyclic) bond motifs is 1. The molecule has 3 rings (SSSR count). The fraction of sp³-hybridized carbons (Fsp3) is 0.200. The number of nitrogens with one attached hydrogen (secondary N) is 2. The average molecular weight is 381 g/mol. The summed E-state index contributed by atoms with van der Waals surface area (Å²) in [6.45, 7) is 1.44. The monoisotopic (exact) mass is 381 g/mol. The van der Waals surface area contributed by atoms with E-state index in [0.717, 1.165) is 4.90 Å². The molecule has 0 spiro atoms. The van der Waals surface area contributed by atoms with E-state index in [9.17, 15) is 19.2 Å². The Kier molecular flexibility index (Phi) is 5.51. The zero-order valence-electron chi connectivity index (χ0n) is 15.4. The fourth-order valence-corrected chi connectivity index (χ4v) is 2.89. The molecule has 8 nitrogen and oxygen atoms in total. The van der Waals surface area contributed by atoms with E-state index in [0.29, 0.717) is 22.5 Å². The third-order valence-electron chi connectivity index (χ3n) is 4.30. The molecule has 2 aromatic carbocycles. The lowest BCUT2D eigenvalue weighted by Gasteiger charge is -2.21. The minimum atomic E-state index is -0.978. The molecule has 0 saturated heterocycles. The van der Waals surface area contributed by atoms with E-state index in [1.165, 1.54) is 14.0 Å². The van der Waals surface area contributed by atoms with Crippen LogP contribution in [0, 0.1) is 0 Å². The van der Waals surface area contributed by atoms with E-state index in [2.05, 4.69) is 10.6 Å². The topological polar surface area (TPSA) is 105 Å². The number of methoxy groups -OCH3 is 1. The first-order chi connectivity index (χ1) is 13.4. The average Bonchev–Trinajstić information content (AvgIpc) is 2.94. The van der Waals surface area contributed by atoms with Crippen LogP contribution in [-0.2, 0) is 14.3 Å². The van der Waals surface area contributed by atoms with Gasteiger partial charge in [-0.2, -0.15) is 0 Å². The van der Waals surface area contributed by atoms with Crippen molar-refractivity contribution in [2.24, 2.45) is 0 Å². The first-order valence-electron chi connectivity index (χ1n) is 8.59. The van der Waals surface area contributed by atoms with Gasteiger partial charge < -0.3 is 15.4 Å². The smallest absolute Gasteiger partial charge is 0.262 e. The summed E-state index contributed by atoms with van der Waals surface area (Å²) in [5.74, 6) is -1.76. The number of ether oxygens (including phenoxy) is 1. The van der Waals surface area contributed by atoms with Crippen LogP contribution in [0.5, 0.6) is 0 Å². The van der Waals surface area contributed by atoms with Crippen LogP contribution < -0.4 is 10.6 Å². The lowest BCUT2D eigenvalue weighted by Crippen LogP contribution is -2.45. The minimum Gasteiger partial charge on any atom is -0.375 e.